The number of rotatable bonds is 7. The highest BCUT2D eigenvalue weighted by Crippen LogP contribution is 2.25. The third-order valence-corrected chi connectivity index (χ3v) is 4.07. The molecule has 1 aromatic carbocycles. The fourth-order valence-corrected chi connectivity index (χ4v) is 2.38. The molecule has 96 valence electrons. The topological polar surface area (TPSA) is 49.3 Å². The molecule has 0 fully saturated rings. The molecule has 0 aliphatic carbocycles. The van der Waals surface area contributed by atoms with E-state index in [1.54, 1.807) is 6.07 Å². The highest BCUT2D eigenvalue weighted by molar-refractivity contribution is 7.84. The third-order valence-electron chi connectivity index (χ3n) is 2.76. The number of aromatic hydroxyl groups is 1. The second-order valence-electron chi connectivity index (χ2n) is 3.91. The van der Waals surface area contributed by atoms with Gasteiger partial charge in [-0.25, -0.2) is 0 Å². The van der Waals surface area contributed by atoms with Gasteiger partial charge < -0.3 is 10.4 Å². The molecule has 0 radical (unpaired) electrons. The number of hydrogen-bond acceptors (Lipinski definition) is 3. The summed E-state index contributed by atoms with van der Waals surface area (Å²) >= 11 is 0. The van der Waals surface area contributed by atoms with Crippen LogP contribution in [0, 0.1) is 0 Å². The van der Waals surface area contributed by atoms with E-state index in [0.29, 0.717) is 23.8 Å². The first-order valence-electron chi connectivity index (χ1n) is 6.05. The lowest BCUT2D eigenvalue weighted by atomic mass is 10.0. The molecule has 0 amide bonds. The molecule has 2 unspecified atom stereocenters. The van der Waals surface area contributed by atoms with Crippen molar-refractivity contribution in [2.45, 2.75) is 26.3 Å². The molecule has 1 aromatic rings. The third kappa shape index (κ3) is 4.48. The number of benzene rings is 1. The zero-order valence-electron chi connectivity index (χ0n) is 10.5. The first-order chi connectivity index (χ1) is 8.19. The van der Waals surface area contributed by atoms with Crippen molar-refractivity contribution in [3.63, 3.8) is 0 Å². The van der Waals surface area contributed by atoms with Crippen molar-refractivity contribution in [2.24, 2.45) is 0 Å². The highest BCUT2D eigenvalue weighted by Gasteiger charge is 2.12. The lowest BCUT2D eigenvalue weighted by Gasteiger charge is -2.18. The van der Waals surface area contributed by atoms with Crippen molar-refractivity contribution >= 4 is 10.8 Å². The molecule has 0 bridgehead atoms. The van der Waals surface area contributed by atoms with Crippen molar-refractivity contribution in [1.29, 1.82) is 0 Å². The average molecular weight is 255 g/mol. The van der Waals surface area contributed by atoms with Gasteiger partial charge >= 0.3 is 0 Å². The van der Waals surface area contributed by atoms with Crippen molar-refractivity contribution in [2.75, 3.05) is 18.1 Å². The van der Waals surface area contributed by atoms with Gasteiger partial charge in [-0.05, 0) is 12.5 Å². The largest absolute Gasteiger partial charge is 0.508 e. The van der Waals surface area contributed by atoms with Crippen molar-refractivity contribution < 1.29 is 9.32 Å². The molecule has 0 aromatic heterocycles. The molecule has 0 aliphatic heterocycles. The van der Waals surface area contributed by atoms with Gasteiger partial charge in [-0.15, -0.1) is 0 Å². The summed E-state index contributed by atoms with van der Waals surface area (Å²) in [5, 5.41) is 13.1. The lowest BCUT2D eigenvalue weighted by molar-refractivity contribution is 0.445. The molecule has 0 spiro atoms. The zero-order chi connectivity index (χ0) is 12.7. The van der Waals surface area contributed by atoms with Gasteiger partial charge in [0.15, 0.2) is 0 Å². The molecule has 2 N–H and O–H groups in total. The smallest absolute Gasteiger partial charge is 0.120 e. The summed E-state index contributed by atoms with van der Waals surface area (Å²) in [5.41, 5.74) is 0.914. The van der Waals surface area contributed by atoms with Crippen LogP contribution >= 0.6 is 0 Å². The Hall–Kier alpha value is -0.870. The number of phenols is 1. The number of nitrogens with one attached hydrogen (secondary N) is 1. The second-order valence-corrected chi connectivity index (χ2v) is 5.77. The van der Waals surface area contributed by atoms with E-state index in [1.165, 1.54) is 0 Å². The van der Waals surface area contributed by atoms with Gasteiger partial charge in [0.1, 0.15) is 5.75 Å². The van der Waals surface area contributed by atoms with Gasteiger partial charge in [0.05, 0.1) is 0 Å². The Morgan fingerprint density at radius 3 is 2.65 bits per heavy atom. The molecule has 0 saturated carbocycles. The van der Waals surface area contributed by atoms with Crippen LogP contribution in [0.3, 0.4) is 0 Å². The monoisotopic (exact) mass is 255 g/mol. The maximum atomic E-state index is 11.3. The van der Waals surface area contributed by atoms with Crippen LogP contribution in [0.2, 0.25) is 0 Å². The van der Waals surface area contributed by atoms with Gasteiger partial charge in [-0.3, -0.25) is 4.21 Å². The maximum absolute atomic E-state index is 11.3. The summed E-state index contributed by atoms with van der Waals surface area (Å²) in [6, 6.07) is 7.49. The normalized spacial score (nSPS) is 14.5. The molecular weight excluding hydrogens is 234 g/mol. The minimum absolute atomic E-state index is 0.130. The van der Waals surface area contributed by atoms with E-state index in [4.69, 9.17) is 0 Å². The highest BCUT2D eigenvalue weighted by atomic mass is 32.2. The first kappa shape index (κ1) is 14.2. The molecule has 17 heavy (non-hydrogen) atoms. The summed E-state index contributed by atoms with van der Waals surface area (Å²) in [4.78, 5) is 0. The second kappa shape index (κ2) is 7.45. The quantitative estimate of drug-likeness (QED) is 0.785. The van der Waals surface area contributed by atoms with Crippen molar-refractivity contribution in [3.8, 4) is 5.75 Å². The van der Waals surface area contributed by atoms with E-state index in [9.17, 15) is 9.32 Å². The van der Waals surface area contributed by atoms with E-state index < -0.39 is 10.8 Å². The summed E-state index contributed by atoms with van der Waals surface area (Å²) < 4.78 is 11.3. The predicted molar refractivity (Wildman–Crippen MR) is 72.7 cm³/mol. The Morgan fingerprint density at radius 2 is 2.06 bits per heavy atom. The predicted octanol–water partition coefficient (Wildman–Crippen LogP) is 2.20. The fourth-order valence-electron chi connectivity index (χ4n) is 1.75. The molecule has 0 heterocycles. The standard InChI is InChI=1S/C13H21NO2S/c1-3-12(14-9-10-17(16)4-2)11-7-5-6-8-13(11)15/h5-8,12,14-15H,3-4,9-10H2,1-2H3. The van der Waals surface area contributed by atoms with Gasteiger partial charge in [-0.2, -0.15) is 0 Å². The average Bonchev–Trinajstić information content (AvgIpc) is 2.35. The Balaban J connectivity index is 2.55. The molecule has 3 nitrogen and oxygen atoms in total. The SMILES string of the molecule is CCC(NCCS(=O)CC)c1ccccc1O. The van der Waals surface area contributed by atoms with Crippen LogP contribution < -0.4 is 5.32 Å². The van der Waals surface area contributed by atoms with Crippen LogP contribution in [0.15, 0.2) is 24.3 Å². The molecule has 2 atom stereocenters. The van der Waals surface area contributed by atoms with Crippen LogP contribution in [0.5, 0.6) is 5.75 Å². The Labute approximate surface area is 106 Å². The van der Waals surface area contributed by atoms with E-state index >= 15 is 0 Å². The van der Waals surface area contributed by atoms with Crippen LogP contribution in [0.1, 0.15) is 31.9 Å². The van der Waals surface area contributed by atoms with Crippen LogP contribution in [-0.2, 0) is 10.8 Å². The number of hydrogen-bond donors (Lipinski definition) is 2. The van der Waals surface area contributed by atoms with Gasteiger partial charge in [-0.1, -0.05) is 32.0 Å². The van der Waals surface area contributed by atoms with Crippen LogP contribution in [-0.4, -0.2) is 27.4 Å². The molecule has 1 rings (SSSR count). The maximum Gasteiger partial charge on any atom is 0.120 e. The Morgan fingerprint density at radius 1 is 1.35 bits per heavy atom. The first-order valence-corrected chi connectivity index (χ1v) is 7.54. The van der Waals surface area contributed by atoms with Gasteiger partial charge in [0.25, 0.3) is 0 Å². The summed E-state index contributed by atoms with van der Waals surface area (Å²) in [6.45, 7) is 4.71. The van der Waals surface area contributed by atoms with Crippen LogP contribution in [0.4, 0.5) is 0 Å². The fraction of sp³-hybridized carbons (Fsp3) is 0.538. The van der Waals surface area contributed by atoms with E-state index in [1.807, 2.05) is 25.1 Å². The number of para-hydroxylation sites is 1. The zero-order valence-corrected chi connectivity index (χ0v) is 11.3. The van der Waals surface area contributed by atoms with E-state index in [0.717, 1.165) is 12.0 Å². The molecule has 0 saturated heterocycles. The van der Waals surface area contributed by atoms with Gasteiger partial charge in [0, 0.05) is 40.5 Å². The molecular formula is C13H21NO2S. The van der Waals surface area contributed by atoms with E-state index in [2.05, 4.69) is 12.2 Å². The molecule has 4 heteroatoms. The number of phenolic OH excluding ortho intramolecular Hbond substituents is 1. The van der Waals surface area contributed by atoms with E-state index in [-0.39, 0.29) is 6.04 Å². The minimum atomic E-state index is -0.732. The van der Waals surface area contributed by atoms with Gasteiger partial charge in [0.2, 0.25) is 0 Å². The minimum Gasteiger partial charge on any atom is -0.508 e. The Bertz CT molecular complexity index is 368. The summed E-state index contributed by atoms with van der Waals surface area (Å²) in [6.07, 6.45) is 0.899. The van der Waals surface area contributed by atoms with Crippen molar-refractivity contribution in [3.05, 3.63) is 29.8 Å². The Kier molecular flexibility index (Phi) is 6.22. The lowest BCUT2D eigenvalue weighted by Crippen LogP contribution is -2.25. The van der Waals surface area contributed by atoms with Crippen LogP contribution in [0.25, 0.3) is 0 Å². The summed E-state index contributed by atoms with van der Waals surface area (Å²) in [5.74, 6) is 1.69. The molecule has 0 aliphatic rings. The summed E-state index contributed by atoms with van der Waals surface area (Å²) in [7, 11) is -0.732. The van der Waals surface area contributed by atoms with Crippen molar-refractivity contribution in [1.82, 2.24) is 5.32 Å².